The highest BCUT2D eigenvalue weighted by Crippen LogP contribution is 2.31. The van der Waals surface area contributed by atoms with Crippen molar-refractivity contribution in [2.75, 3.05) is 18.5 Å². The van der Waals surface area contributed by atoms with E-state index >= 15 is 0 Å². The number of nitrogens with zero attached hydrogens (tertiary/aromatic N) is 6. The molecule has 0 atom stereocenters. The summed E-state index contributed by atoms with van der Waals surface area (Å²) in [5.41, 5.74) is 2.66. The van der Waals surface area contributed by atoms with Crippen LogP contribution < -0.4 is 4.90 Å². The summed E-state index contributed by atoms with van der Waals surface area (Å²) in [6.45, 7) is 0.704. The molecule has 0 saturated carbocycles. The van der Waals surface area contributed by atoms with Gasteiger partial charge in [-0.1, -0.05) is 24.3 Å². The number of imidazole rings is 1. The lowest BCUT2D eigenvalue weighted by atomic mass is 10.0. The van der Waals surface area contributed by atoms with Crippen molar-refractivity contribution >= 4 is 5.95 Å². The van der Waals surface area contributed by atoms with Gasteiger partial charge in [0.1, 0.15) is 11.5 Å². The summed E-state index contributed by atoms with van der Waals surface area (Å²) in [4.78, 5) is 20.0. The van der Waals surface area contributed by atoms with E-state index in [2.05, 4.69) is 15.0 Å². The SMILES string of the molecule is CN(CCc1ccccn1)c1ncc(-c2ccccc2F)c(-c2nccn2C)n1. The molecule has 0 aliphatic heterocycles. The van der Waals surface area contributed by atoms with E-state index in [0.29, 0.717) is 35.1 Å². The average Bonchev–Trinajstić information content (AvgIpc) is 3.18. The van der Waals surface area contributed by atoms with Crippen molar-refractivity contribution in [3.05, 3.63) is 78.8 Å². The van der Waals surface area contributed by atoms with Crippen LogP contribution >= 0.6 is 0 Å². The molecule has 0 amide bonds. The average molecular weight is 388 g/mol. The third kappa shape index (κ3) is 3.99. The Bertz CT molecular complexity index is 1110. The van der Waals surface area contributed by atoms with E-state index < -0.39 is 0 Å². The van der Waals surface area contributed by atoms with Gasteiger partial charge in [-0.25, -0.2) is 19.3 Å². The predicted molar refractivity (Wildman–Crippen MR) is 111 cm³/mol. The molecule has 146 valence electrons. The van der Waals surface area contributed by atoms with Crippen LogP contribution in [-0.2, 0) is 13.5 Å². The van der Waals surface area contributed by atoms with Gasteiger partial charge in [-0.05, 0) is 18.2 Å². The fourth-order valence-corrected chi connectivity index (χ4v) is 3.13. The summed E-state index contributed by atoms with van der Waals surface area (Å²) in [5.74, 6) is 0.895. The predicted octanol–water partition coefficient (Wildman–Crippen LogP) is 3.76. The van der Waals surface area contributed by atoms with Gasteiger partial charge < -0.3 is 9.47 Å². The number of halogens is 1. The molecule has 1 aromatic carbocycles. The minimum Gasteiger partial charge on any atom is -0.343 e. The number of pyridine rings is 1. The van der Waals surface area contributed by atoms with Crippen LogP contribution in [0.5, 0.6) is 0 Å². The van der Waals surface area contributed by atoms with Crippen molar-refractivity contribution < 1.29 is 4.39 Å². The van der Waals surface area contributed by atoms with Crippen molar-refractivity contribution in [1.29, 1.82) is 0 Å². The molecule has 0 radical (unpaired) electrons. The van der Waals surface area contributed by atoms with Crippen LogP contribution in [0.25, 0.3) is 22.6 Å². The first kappa shape index (κ1) is 18.7. The molecule has 4 rings (SSSR count). The van der Waals surface area contributed by atoms with Crippen molar-refractivity contribution in [2.24, 2.45) is 7.05 Å². The summed E-state index contributed by atoms with van der Waals surface area (Å²) < 4.78 is 16.3. The van der Waals surface area contributed by atoms with Gasteiger partial charge in [-0.2, -0.15) is 0 Å². The van der Waals surface area contributed by atoms with E-state index in [1.807, 2.05) is 48.0 Å². The Morgan fingerprint density at radius 3 is 2.52 bits per heavy atom. The van der Waals surface area contributed by atoms with Crippen LogP contribution in [0.2, 0.25) is 0 Å². The lowest BCUT2D eigenvalue weighted by molar-refractivity contribution is 0.631. The second-order valence-electron chi connectivity index (χ2n) is 6.77. The van der Waals surface area contributed by atoms with Gasteiger partial charge in [0, 0.05) is 68.7 Å². The van der Waals surface area contributed by atoms with E-state index in [9.17, 15) is 4.39 Å². The molecule has 3 aromatic heterocycles. The Balaban J connectivity index is 1.70. The van der Waals surface area contributed by atoms with Crippen LogP contribution in [0.3, 0.4) is 0 Å². The maximum absolute atomic E-state index is 14.5. The van der Waals surface area contributed by atoms with Crippen LogP contribution in [0.4, 0.5) is 10.3 Å². The molecule has 0 aliphatic carbocycles. The molecule has 0 unspecified atom stereocenters. The first-order chi connectivity index (χ1) is 14.1. The van der Waals surface area contributed by atoms with Crippen LogP contribution in [0.15, 0.2) is 67.3 Å². The van der Waals surface area contributed by atoms with Gasteiger partial charge in [0.15, 0.2) is 5.82 Å². The zero-order valence-electron chi connectivity index (χ0n) is 16.3. The highest BCUT2D eigenvalue weighted by atomic mass is 19.1. The number of rotatable bonds is 6. The molecule has 7 heteroatoms. The van der Waals surface area contributed by atoms with Crippen molar-refractivity contribution in [3.8, 4) is 22.6 Å². The van der Waals surface area contributed by atoms with E-state index in [4.69, 9.17) is 4.98 Å². The first-order valence-corrected chi connectivity index (χ1v) is 9.34. The topological polar surface area (TPSA) is 59.7 Å². The van der Waals surface area contributed by atoms with E-state index in [1.165, 1.54) is 6.07 Å². The molecular weight excluding hydrogens is 367 g/mol. The highest BCUT2D eigenvalue weighted by Gasteiger charge is 2.18. The van der Waals surface area contributed by atoms with Crippen LogP contribution in [0.1, 0.15) is 5.69 Å². The van der Waals surface area contributed by atoms with Gasteiger partial charge >= 0.3 is 0 Å². The summed E-state index contributed by atoms with van der Waals surface area (Å²) >= 11 is 0. The summed E-state index contributed by atoms with van der Waals surface area (Å²) in [6.07, 6.45) is 7.77. The maximum atomic E-state index is 14.5. The molecular formula is C22H21FN6. The standard InChI is InChI=1S/C22H21FN6/c1-28-14-12-25-21(28)20-18(17-8-3-4-9-19(17)23)15-26-22(27-20)29(2)13-10-16-7-5-6-11-24-16/h3-9,11-12,14-15H,10,13H2,1-2H3. The van der Waals surface area contributed by atoms with Gasteiger partial charge in [0.05, 0.1) is 0 Å². The highest BCUT2D eigenvalue weighted by molar-refractivity contribution is 5.78. The fraction of sp³-hybridized carbons (Fsp3) is 0.182. The monoisotopic (exact) mass is 388 g/mol. The third-order valence-corrected chi connectivity index (χ3v) is 4.74. The van der Waals surface area contributed by atoms with Crippen molar-refractivity contribution in [1.82, 2.24) is 24.5 Å². The molecule has 0 fully saturated rings. The van der Waals surface area contributed by atoms with Gasteiger partial charge in [-0.3, -0.25) is 4.98 Å². The largest absolute Gasteiger partial charge is 0.343 e. The molecule has 3 heterocycles. The van der Waals surface area contributed by atoms with Crippen molar-refractivity contribution in [3.63, 3.8) is 0 Å². The van der Waals surface area contributed by atoms with Gasteiger partial charge in [0.25, 0.3) is 0 Å². The molecule has 29 heavy (non-hydrogen) atoms. The van der Waals surface area contributed by atoms with Crippen LogP contribution in [0, 0.1) is 5.82 Å². The molecule has 0 aliphatic rings. The molecule has 0 saturated heterocycles. The number of aromatic nitrogens is 5. The second-order valence-corrected chi connectivity index (χ2v) is 6.77. The zero-order valence-corrected chi connectivity index (χ0v) is 16.3. The third-order valence-electron chi connectivity index (χ3n) is 4.74. The molecule has 0 bridgehead atoms. The summed E-state index contributed by atoms with van der Waals surface area (Å²) in [5, 5.41) is 0. The first-order valence-electron chi connectivity index (χ1n) is 9.34. The minimum atomic E-state index is -0.317. The second kappa shape index (κ2) is 8.18. The minimum absolute atomic E-state index is 0.317. The number of anilines is 1. The van der Waals surface area contributed by atoms with Crippen molar-refractivity contribution in [2.45, 2.75) is 6.42 Å². The van der Waals surface area contributed by atoms with E-state index in [0.717, 1.165) is 12.1 Å². The molecule has 6 nitrogen and oxygen atoms in total. The number of aryl methyl sites for hydroxylation is 1. The zero-order chi connectivity index (χ0) is 20.2. The number of hydrogen-bond acceptors (Lipinski definition) is 5. The quantitative estimate of drug-likeness (QED) is 0.503. The van der Waals surface area contributed by atoms with Crippen LogP contribution in [-0.4, -0.2) is 38.1 Å². The molecule has 0 N–H and O–H groups in total. The van der Waals surface area contributed by atoms with Gasteiger partial charge in [-0.15, -0.1) is 0 Å². The smallest absolute Gasteiger partial charge is 0.225 e. The maximum Gasteiger partial charge on any atom is 0.225 e. The molecule has 0 spiro atoms. The van der Waals surface area contributed by atoms with Gasteiger partial charge in [0.2, 0.25) is 5.95 Å². The fourth-order valence-electron chi connectivity index (χ4n) is 3.13. The lowest BCUT2D eigenvalue weighted by Gasteiger charge is -2.19. The Labute approximate surface area is 168 Å². The number of benzene rings is 1. The summed E-state index contributed by atoms with van der Waals surface area (Å²) in [6, 6.07) is 12.5. The lowest BCUT2D eigenvalue weighted by Crippen LogP contribution is -2.23. The van der Waals surface area contributed by atoms with E-state index in [-0.39, 0.29) is 5.82 Å². The Kier molecular flexibility index (Phi) is 5.29. The normalized spacial score (nSPS) is 10.9. The number of hydrogen-bond donors (Lipinski definition) is 0. The Morgan fingerprint density at radius 1 is 0.966 bits per heavy atom. The Hall–Kier alpha value is -3.61. The van der Waals surface area contributed by atoms with E-state index in [1.54, 1.807) is 36.8 Å². The summed E-state index contributed by atoms with van der Waals surface area (Å²) in [7, 11) is 3.82. The molecule has 4 aromatic rings. The Morgan fingerprint density at radius 2 is 1.79 bits per heavy atom. The number of likely N-dealkylation sites (N-methyl/N-ethyl adjacent to an activating group) is 1.